The smallest absolute Gasteiger partial charge is 0.190 e. The largest absolute Gasteiger partial charge is 0.493 e. The molecule has 1 aliphatic heterocycles. The van der Waals surface area contributed by atoms with E-state index in [1.165, 1.54) is 0 Å². The van der Waals surface area contributed by atoms with E-state index in [1.807, 2.05) is 20.8 Å². The van der Waals surface area contributed by atoms with Crippen LogP contribution in [0.15, 0.2) is 6.20 Å². The number of aromatic nitrogens is 2. The number of hydrogen-bond acceptors (Lipinski definition) is 4. The van der Waals surface area contributed by atoms with Gasteiger partial charge in [-0.05, 0) is 38.8 Å². The van der Waals surface area contributed by atoms with Gasteiger partial charge < -0.3 is 10.1 Å². The van der Waals surface area contributed by atoms with Gasteiger partial charge in [0.25, 0.3) is 0 Å². The number of hydrogen-bond donors (Lipinski definition) is 1. The van der Waals surface area contributed by atoms with Gasteiger partial charge in [0.15, 0.2) is 11.5 Å². The van der Waals surface area contributed by atoms with Crippen molar-refractivity contribution in [2.45, 2.75) is 40.2 Å². The van der Waals surface area contributed by atoms with E-state index in [0.29, 0.717) is 23.9 Å². The average molecular weight is 279 g/mol. The van der Waals surface area contributed by atoms with Crippen LogP contribution in [0, 0.1) is 11.3 Å². The quantitative estimate of drug-likeness (QED) is 0.839. The first-order valence-electron chi connectivity index (χ1n) is 7.37. The lowest BCUT2D eigenvalue weighted by Gasteiger charge is -2.36. The number of Topliss-reactive ketones (excluding diaryl/α,β-unsaturated/α-hetero) is 1. The zero-order valence-corrected chi connectivity index (χ0v) is 12.9. The van der Waals surface area contributed by atoms with Gasteiger partial charge in [0.2, 0.25) is 0 Å². The Balaban J connectivity index is 2.31. The van der Waals surface area contributed by atoms with Crippen molar-refractivity contribution in [3.05, 3.63) is 11.9 Å². The van der Waals surface area contributed by atoms with Gasteiger partial charge in [0.1, 0.15) is 5.69 Å². The summed E-state index contributed by atoms with van der Waals surface area (Å²) in [6.07, 6.45) is 3.85. The van der Waals surface area contributed by atoms with Crippen LogP contribution in [0.5, 0.6) is 5.75 Å². The predicted octanol–water partition coefficient (Wildman–Crippen LogP) is 2.12. The summed E-state index contributed by atoms with van der Waals surface area (Å²) in [4.78, 5) is 13.0. The maximum atomic E-state index is 13.0. The molecule has 20 heavy (non-hydrogen) atoms. The van der Waals surface area contributed by atoms with E-state index in [1.54, 1.807) is 18.0 Å². The van der Waals surface area contributed by atoms with Gasteiger partial charge in [-0.25, -0.2) is 0 Å². The van der Waals surface area contributed by atoms with E-state index in [2.05, 4.69) is 10.4 Å². The first kappa shape index (κ1) is 15.0. The number of rotatable bonds is 5. The number of nitrogens with one attached hydrogen (secondary N) is 1. The molecule has 1 aliphatic rings. The third-order valence-corrected chi connectivity index (χ3v) is 4.44. The number of ether oxygens (including phenoxy) is 1. The van der Waals surface area contributed by atoms with Gasteiger partial charge in [-0.3, -0.25) is 9.48 Å². The van der Waals surface area contributed by atoms with E-state index in [0.717, 1.165) is 25.9 Å². The minimum Gasteiger partial charge on any atom is -0.493 e. The number of nitrogens with zero attached hydrogens (tertiary/aromatic N) is 2. The van der Waals surface area contributed by atoms with Crippen LogP contribution in [0.4, 0.5) is 0 Å². The van der Waals surface area contributed by atoms with Gasteiger partial charge in [0, 0.05) is 12.0 Å². The molecule has 0 amide bonds. The van der Waals surface area contributed by atoms with Crippen molar-refractivity contribution in [2.24, 2.45) is 11.3 Å². The summed E-state index contributed by atoms with van der Waals surface area (Å²) in [7, 11) is 1.59. The molecule has 0 aromatic carbocycles. The molecule has 1 atom stereocenters. The Hall–Kier alpha value is -1.36. The molecule has 0 radical (unpaired) electrons. The van der Waals surface area contributed by atoms with Crippen molar-refractivity contribution in [1.29, 1.82) is 0 Å². The normalized spacial score (nSPS) is 19.9. The number of ketones is 1. The molecule has 1 N–H and O–H groups in total. The Bertz CT molecular complexity index is 452. The van der Waals surface area contributed by atoms with E-state index < -0.39 is 5.41 Å². The zero-order valence-electron chi connectivity index (χ0n) is 12.9. The van der Waals surface area contributed by atoms with Crippen molar-refractivity contribution in [3.63, 3.8) is 0 Å². The van der Waals surface area contributed by atoms with Crippen LogP contribution in [0.2, 0.25) is 0 Å². The molecule has 1 fully saturated rings. The van der Waals surface area contributed by atoms with Crippen molar-refractivity contribution < 1.29 is 9.53 Å². The fraction of sp³-hybridized carbons (Fsp3) is 0.733. The van der Waals surface area contributed by atoms with Gasteiger partial charge in [-0.2, -0.15) is 5.10 Å². The fourth-order valence-electron chi connectivity index (χ4n) is 2.94. The highest BCUT2D eigenvalue weighted by molar-refractivity contribution is 6.01. The molecule has 5 heteroatoms. The Morgan fingerprint density at radius 3 is 2.90 bits per heavy atom. The summed E-state index contributed by atoms with van der Waals surface area (Å²) < 4.78 is 7.05. The van der Waals surface area contributed by atoms with E-state index in [9.17, 15) is 4.79 Å². The maximum absolute atomic E-state index is 13.0. The van der Waals surface area contributed by atoms with Crippen LogP contribution in [-0.2, 0) is 6.54 Å². The number of aryl methyl sites for hydroxylation is 1. The second-order valence-corrected chi connectivity index (χ2v) is 5.97. The Morgan fingerprint density at radius 2 is 2.35 bits per heavy atom. The van der Waals surface area contributed by atoms with E-state index >= 15 is 0 Å². The van der Waals surface area contributed by atoms with Crippen molar-refractivity contribution in [2.75, 3.05) is 20.2 Å². The van der Waals surface area contributed by atoms with Crippen LogP contribution in [-0.4, -0.2) is 35.8 Å². The lowest BCUT2D eigenvalue weighted by molar-refractivity contribution is 0.0693. The molecule has 1 aromatic rings. The van der Waals surface area contributed by atoms with Crippen LogP contribution < -0.4 is 10.1 Å². The number of carbonyl (C=O) groups excluding carboxylic acids is 1. The summed E-state index contributed by atoms with van der Waals surface area (Å²) >= 11 is 0. The second kappa shape index (κ2) is 5.95. The molecular formula is C15H25N3O2. The molecule has 112 valence electrons. The molecule has 5 nitrogen and oxygen atoms in total. The maximum Gasteiger partial charge on any atom is 0.190 e. The summed E-state index contributed by atoms with van der Waals surface area (Å²) in [5, 5.41) is 7.63. The SMILES string of the molecule is CCn1ncc(OC)c1C(=O)C(C)(C)C1CCCNC1. The van der Waals surface area contributed by atoms with Crippen LogP contribution in [0.25, 0.3) is 0 Å². The van der Waals surface area contributed by atoms with Crippen LogP contribution in [0.3, 0.4) is 0 Å². The standard InChI is InChI=1S/C15H25N3O2/c1-5-18-13(12(20-4)10-17-18)14(19)15(2,3)11-7-6-8-16-9-11/h10-11,16H,5-9H2,1-4H3. The average Bonchev–Trinajstić information content (AvgIpc) is 2.90. The summed E-state index contributed by atoms with van der Waals surface area (Å²) in [6.45, 7) is 8.69. The monoisotopic (exact) mass is 279 g/mol. The number of methoxy groups -OCH3 is 1. The molecule has 1 aromatic heterocycles. The van der Waals surface area contributed by atoms with E-state index in [-0.39, 0.29) is 5.78 Å². The molecule has 1 unspecified atom stereocenters. The summed E-state index contributed by atoms with van der Waals surface area (Å²) in [6, 6.07) is 0. The third-order valence-electron chi connectivity index (χ3n) is 4.44. The fourth-order valence-corrected chi connectivity index (χ4v) is 2.94. The first-order valence-corrected chi connectivity index (χ1v) is 7.37. The Labute approximate surface area is 120 Å². The highest BCUT2D eigenvalue weighted by Gasteiger charge is 2.40. The zero-order chi connectivity index (χ0) is 14.8. The minimum absolute atomic E-state index is 0.127. The second-order valence-electron chi connectivity index (χ2n) is 5.97. The molecule has 1 saturated heterocycles. The van der Waals surface area contributed by atoms with Crippen LogP contribution in [0.1, 0.15) is 44.1 Å². The molecular weight excluding hydrogens is 254 g/mol. The molecule has 0 spiro atoms. The minimum atomic E-state index is -0.409. The van der Waals surface area contributed by atoms with Crippen molar-refractivity contribution in [3.8, 4) is 5.75 Å². The van der Waals surface area contributed by atoms with Gasteiger partial charge in [0.05, 0.1) is 13.3 Å². The summed E-state index contributed by atoms with van der Waals surface area (Å²) in [5.74, 6) is 1.06. The number of carbonyl (C=O) groups is 1. The molecule has 2 heterocycles. The third kappa shape index (κ3) is 2.59. The summed E-state index contributed by atoms with van der Waals surface area (Å²) in [5.41, 5.74) is 0.193. The number of piperidine rings is 1. The topological polar surface area (TPSA) is 56.2 Å². The van der Waals surface area contributed by atoms with Crippen molar-refractivity contribution >= 4 is 5.78 Å². The lowest BCUT2D eigenvalue weighted by atomic mass is 9.71. The lowest BCUT2D eigenvalue weighted by Crippen LogP contribution is -2.43. The Kier molecular flexibility index (Phi) is 4.48. The molecule has 0 saturated carbocycles. The first-order chi connectivity index (χ1) is 9.52. The van der Waals surface area contributed by atoms with E-state index in [4.69, 9.17) is 4.74 Å². The predicted molar refractivity (Wildman–Crippen MR) is 78.2 cm³/mol. The molecule has 2 rings (SSSR count). The van der Waals surface area contributed by atoms with Crippen molar-refractivity contribution in [1.82, 2.24) is 15.1 Å². The van der Waals surface area contributed by atoms with Gasteiger partial charge >= 0.3 is 0 Å². The molecule has 0 bridgehead atoms. The van der Waals surface area contributed by atoms with Gasteiger partial charge in [-0.15, -0.1) is 0 Å². The highest BCUT2D eigenvalue weighted by Crippen LogP contribution is 2.37. The Morgan fingerprint density at radius 1 is 1.60 bits per heavy atom. The van der Waals surface area contributed by atoms with Gasteiger partial charge in [-0.1, -0.05) is 13.8 Å². The molecule has 0 aliphatic carbocycles. The van der Waals surface area contributed by atoms with Crippen LogP contribution >= 0.6 is 0 Å². The highest BCUT2D eigenvalue weighted by atomic mass is 16.5.